The molecule has 0 bridgehead atoms. The van der Waals surface area contributed by atoms with Crippen molar-refractivity contribution in [2.45, 2.75) is 19.3 Å². The molecule has 3 aromatic rings. The Labute approximate surface area is 142 Å². The molecule has 0 saturated heterocycles. The van der Waals surface area contributed by atoms with Gasteiger partial charge in [-0.05, 0) is 24.5 Å². The first kappa shape index (κ1) is 15.3. The molecule has 2 atom stereocenters. The highest BCUT2D eigenvalue weighted by Crippen LogP contribution is 2.48. The minimum atomic E-state index is -0.548. The summed E-state index contributed by atoms with van der Waals surface area (Å²) in [5.41, 5.74) is 7.23. The third-order valence-corrected chi connectivity index (χ3v) is 4.70. The average molecular weight is 335 g/mol. The Balaban J connectivity index is 1.95. The van der Waals surface area contributed by atoms with Gasteiger partial charge in [-0.1, -0.05) is 30.3 Å². The molecule has 124 valence electrons. The second kappa shape index (κ2) is 5.42. The summed E-state index contributed by atoms with van der Waals surface area (Å²) in [5.74, 6) is -1.28. The zero-order valence-corrected chi connectivity index (χ0v) is 13.4. The number of nitrogens with zero attached hydrogens (tertiary/aromatic N) is 2. The fraction of sp³-hybridized carbons (Fsp3) is 0.211. The number of carbonyl (C=O) groups excluding carboxylic acids is 1. The number of amides is 1. The molecular formula is C19H14FN3O2. The number of primary amides is 1. The van der Waals surface area contributed by atoms with E-state index in [4.69, 9.17) is 10.2 Å². The Morgan fingerprint density at radius 3 is 2.72 bits per heavy atom. The van der Waals surface area contributed by atoms with E-state index in [-0.39, 0.29) is 34.4 Å². The Kier molecular flexibility index (Phi) is 3.32. The van der Waals surface area contributed by atoms with Gasteiger partial charge in [0.05, 0.1) is 11.5 Å². The van der Waals surface area contributed by atoms with Crippen LogP contribution in [-0.4, -0.2) is 10.9 Å². The average Bonchev–Trinajstić information content (AvgIpc) is 3.29. The fourth-order valence-electron chi connectivity index (χ4n) is 3.26. The van der Waals surface area contributed by atoms with Gasteiger partial charge in [-0.25, -0.2) is 9.37 Å². The Morgan fingerprint density at radius 1 is 1.40 bits per heavy atom. The molecule has 2 N–H and O–H groups in total. The first-order chi connectivity index (χ1) is 12.0. The largest absolute Gasteiger partial charge is 0.437 e. The number of nitrogens with two attached hydrogens (primary N) is 1. The lowest BCUT2D eigenvalue weighted by Crippen LogP contribution is -2.13. The van der Waals surface area contributed by atoms with Gasteiger partial charge in [0.2, 0.25) is 5.91 Å². The number of fused-ring (bicyclic) bond motifs is 1. The summed E-state index contributed by atoms with van der Waals surface area (Å²) < 4.78 is 20.8. The van der Waals surface area contributed by atoms with Crippen LogP contribution >= 0.6 is 0 Å². The molecule has 5 nitrogen and oxygen atoms in total. The van der Waals surface area contributed by atoms with Crippen molar-refractivity contribution in [1.82, 2.24) is 4.98 Å². The first-order valence-electron chi connectivity index (χ1n) is 7.90. The van der Waals surface area contributed by atoms with E-state index >= 15 is 4.39 Å². The van der Waals surface area contributed by atoms with Gasteiger partial charge in [-0.3, -0.25) is 4.79 Å². The number of rotatable bonds is 3. The van der Waals surface area contributed by atoms with Crippen LogP contribution in [0, 0.1) is 30.0 Å². The summed E-state index contributed by atoms with van der Waals surface area (Å²) in [6.45, 7) is 1.70. The third-order valence-electron chi connectivity index (χ3n) is 4.70. The number of oxazole rings is 1. The quantitative estimate of drug-likeness (QED) is 0.794. The number of nitriles is 1. The van der Waals surface area contributed by atoms with Crippen molar-refractivity contribution >= 4 is 17.0 Å². The maximum atomic E-state index is 15.2. The number of hydrogen-bond donors (Lipinski definition) is 1. The Hall–Kier alpha value is -3.20. The van der Waals surface area contributed by atoms with Crippen LogP contribution in [0.5, 0.6) is 0 Å². The van der Waals surface area contributed by atoms with Gasteiger partial charge in [0.15, 0.2) is 17.3 Å². The van der Waals surface area contributed by atoms with E-state index < -0.39 is 11.7 Å². The summed E-state index contributed by atoms with van der Waals surface area (Å²) in [5, 5.41) is 9.55. The molecule has 25 heavy (non-hydrogen) atoms. The van der Waals surface area contributed by atoms with Crippen molar-refractivity contribution in [2.75, 3.05) is 0 Å². The molecule has 2 aromatic carbocycles. The molecular weight excluding hydrogens is 321 g/mol. The van der Waals surface area contributed by atoms with Crippen LogP contribution in [0.4, 0.5) is 4.39 Å². The van der Waals surface area contributed by atoms with Crippen molar-refractivity contribution < 1.29 is 13.6 Å². The molecule has 0 radical (unpaired) electrons. The van der Waals surface area contributed by atoms with Crippen molar-refractivity contribution in [3.05, 3.63) is 53.2 Å². The zero-order chi connectivity index (χ0) is 17.7. The molecule has 1 fully saturated rings. The molecule has 1 heterocycles. The van der Waals surface area contributed by atoms with Crippen LogP contribution < -0.4 is 5.73 Å². The van der Waals surface area contributed by atoms with E-state index in [0.717, 1.165) is 0 Å². The minimum absolute atomic E-state index is 0.0499. The maximum absolute atomic E-state index is 15.2. The second-order valence-corrected chi connectivity index (χ2v) is 6.25. The van der Waals surface area contributed by atoms with E-state index in [1.807, 2.05) is 6.07 Å². The predicted octanol–water partition coefficient (Wildman–Crippen LogP) is 3.40. The van der Waals surface area contributed by atoms with Crippen LogP contribution in [0.3, 0.4) is 0 Å². The van der Waals surface area contributed by atoms with Gasteiger partial charge >= 0.3 is 0 Å². The minimum Gasteiger partial charge on any atom is -0.437 e. The van der Waals surface area contributed by atoms with Gasteiger partial charge in [0, 0.05) is 11.5 Å². The molecule has 1 saturated carbocycles. The van der Waals surface area contributed by atoms with E-state index in [1.54, 1.807) is 31.2 Å². The van der Waals surface area contributed by atoms with E-state index in [0.29, 0.717) is 23.1 Å². The van der Waals surface area contributed by atoms with Crippen LogP contribution in [0.15, 0.2) is 34.7 Å². The Bertz CT molecular complexity index is 1050. The van der Waals surface area contributed by atoms with Gasteiger partial charge in [-0.2, -0.15) is 5.26 Å². The van der Waals surface area contributed by atoms with E-state index in [1.165, 1.54) is 0 Å². The molecule has 0 aliphatic heterocycles. The van der Waals surface area contributed by atoms with Gasteiger partial charge in [0.25, 0.3) is 0 Å². The summed E-state index contributed by atoms with van der Waals surface area (Å²) in [6, 6.07) is 11.1. The third kappa shape index (κ3) is 2.28. The van der Waals surface area contributed by atoms with Crippen molar-refractivity contribution in [2.24, 2.45) is 11.7 Å². The number of aromatic nitrogens is 1. The van der Waals surface area contributed by atoms with Crippen molar-refractivity contribution in [1.29, 1.82) is 5.26 Å². The van der Waals surface area contributed by atoms with Crippen molar-refractivity contribution in [3.63, 3.8) is 0 Å². The maximum Gasteiger partial charge on any atom is 0.221 e. The van der Waals surface area contributed by atoms with Crippen LogP contribution in [0.2, 0.25) is 0 Å². The Morgan fingerprint density at radius 2 is 2.12 bits per heavy atom. The van der Waals surface area contributed by atoms with Crippen LogP contribution in [-0.2, 0) is 4.79 Å². The topological polar surface area (TPSA) is 92.9 Å². The molecule has 4 rings (SSSR count). The fourth-order valence-corrected chi connectivity index (χ4v) is 3.26. The lowest BCUT2D eigenvalue weighted by atomic mass is 9.95. The van der Waals surface area contributed by atoms with Crippen LogP contribution in [0.1, 0.15) is 29.4 Å². The highest BCUT2D eigenvalue weighted by molar-refractivity contribution is 5.89. The number of benzene rings is 2. The highest BCUT2D eigenvalue weighted by atomic mass is 19.1. The highest BCUT2D eigenvalue weighted by Gasteiger charge is 2.46. The molecule has 1 aromatic heterocycles. The van der Waals surface area contributed by atoms with Gasteiger partial charge in [0.1, 0.15) is 11.6 Å². The number of hydrogen-bond acceptors (Lipinski definition) is 4. The SMILES string of the molecule is Cc1c(-c2ccccc2)c(F)c2oc(C3CC3C(N)=O)nc2c1C#N. The molecule has 1 amide bonds. The zero-order valence-electron chi connectivity index (χ0n) is 13.4. The standard InChI is InChI=1S/C19H14FN3O2/c1-9-13(8-21)16-17(15(20)14(9)10-5-3-2-4-6-10)25-19(23-16)12-7-11(12)18(22)24/h2-6,11-12H,7H2,1H3,(H2,22,24). The summed E-state index contributed by atoms with van der Waals surface area (Å²) in [6.07, 6.45) is 0.538. The molecule has 6 heteroatoms. The summed E-state index contributed by atoms with van der Waals surface area (Å²) >= 11 is 0. The number of carbonyl (C=O) groups is 1. The van der Waals surface area contributed by atoms with Gasteiger partial charge < -0.3 is 10.2 Å². The molecule has 2 unspecified atom stereocenters. The molecule has 1 aliphatic rings. The normalized spacial score (nSPS) is 18.9. The van der Waals surface area contributed by atoms with Crippen LogP contribution in [0.25, 0.3) is 22.2 Å². The number of halogens is 1. The smallest absolute Gasteiger partial charge is 0.221 e. The van der Waals surface area contributed by atoms with Crippen molar-refractivity contribution in [3.8, 4) is 17.2 Å². The summed E-state index contributed by atoms with van der Waals surface area (Å²) in [4.78, 5) is 15.6. The van der Waals surface area contributed by atoms with E-state index in [9.17, 15) is 10.1 Å². The predicted molar refractivity (Wildman–Crippen MR) is 88.9 cm³/mol. The second-order valence-electron chi connectivity index (χ2n) is 6.25. The molecule has 0 spiro atoms. The molecule has 1 aliphatic carbocycles. The van der Waals surface area contributed by atoms with Gasteiger partial charge in [-0.15, -0.1) is 0 Å². The lowest BCUT2D eigenvalue weighted by Gasteiger charge is -2.09. The lowest BCUT2D eigenvalue weighted by molar-refractivity contribution is -0.119. The first-order valence-corrected chi connectivity index (χ1v) is 7.90. The van der Waals surface area contributed by atoms with E-state index in [2.05, 4.69) is 11.1 Å². The monoisotopic (exact) mass is 335 g/mol. The summed E-state index contributed by atoms with van der Waals surface area (Å²) in [7, 11) is 0.